The highest BCUT2D eigenvalue weighted by molar-refractivity contribution is 5.81. The molecule has 0 atom stereocenters. The molecule has 138 valence electrons. The number of phenols is 1. The Bertz CT molecular complexity index is 1020. The molecule has 0 bridgehead atoms. The molecule has 2 aromatic carbocycles. The molecule has 1 aromatic heterocycles. The second-order valence-electron chi connectivity index (χ2n) is 5.38. The summed E-state index contributed by atoms with van der Waals surface area (Å²) in [5, 5.41) is 21.4. The zero-order valence-corrected chi connectivity index (χ0v) is 14.6. The van der Waals surface area contributed by atoms with Crippen molar-refractivity contribution in [3.05, 3.63) is 58.4 Å². The quantitative estimate of drug-likeness (QED) is 0.450. The smallest absolute Gasteiger partial charge is 0.279 e. The molecular weight excluding hydrogens is 350 g/mol. The second-order valence-corrected chi connectivity index (χ2v) is 5.38. The molecule has 0 aliphatic rings. The fourth-order valence-corrected chi connectivity index (χ4v) is 2.27. The number of aromatic nitrogens is 3. The van der Waals surface area contributed by atoms with Crippen LogP contribution in [0.4, 0.5) is 5.95 Å². The Morgan fingerprint density at radius 1 is 1.11 bits per heavy atom. The third-order valence-electron chi connectivity index (χ3n) is 3.65. The van der Waals surface area contributed by atoms with Gasteiger partial charge in [0.25, 0.3) is 5.56 Å². The van der Waals surface area contributed by atoms with Crippen LogP contribution in [0.1, 0.15) is 5.56 Å². The number of hydrogen-bond acceptors (Lipinski definition) is 8. The minimum Gasteiger partial charge on any atom is -0.504 e. The monoisotopic (exact) mass is 367 g/mol. The van der Waals surface area contributed by atoms with Crippen LogP contribution < -0.4 is 20.5 Å². The average Bonchev–Trinajstić information content (AvgIpc) is 2.69. The number of aromatic amines is 1. The van der Waals surface area contributed by atoms with Gasteiger partial charge in [-0.25, -0.2) is 5.43 Å². The van der Waals surface area contributed by atoms with Gasteiger partial charge in [0.1, 0.15) is 5.75 Å². The van der Waals surface area contributed by atoms with Gasteiger partial charge in [0, 0.05) is 5.56 Å². The molecule has 3 N–H and O–H groups in total. The van der Waals surface area contributed by atoms with Gasteiger partial charge in [0.15, 0.2) is 17.2 Å². The van der Waals surface area contributed by atoms with Crippen molar-refractivity contribution >= 4 is 12.2 Å². The number of methoxy groups -OCH3 is 2. The normalized spacial score (nSPS) is 10.7. The molecule has 0 amide bonds. The van der Waals surface area contributed by atoms with E-state index >= 15 is 0 Å². The lowest BCUT2D eigenvalue weighted by molar-refractivity contribution is 0.373. The largest absolute Gasteiger partial charge is 0.504 e. The predicted octanol–water partition coefficient (Wildman–Crippen LogP) is 2.00. The van der Waals surface area contributed by atoms with Crippen molar-refractivity contribution in [3.63, 3.8) is 0 Å². The van der Waals surface area contributed by atoms with Gasteiger partial charge in [0.2, 0.25) is 5.95 Å². The molecule has 1 heterocycles. The Kier molecular flexibility index (Phi) is 5.31. The average molecular weight is 367 g/mol. The Morgan fingerprint density at radius 2 is 1.89 bits per heavy atom. The van der Waals surface area contributed by atoms with Gasteiger partial charge in [-0.15, -0.1) is 10.2 Å². The maximum Gasteiger partial charge on any atom is 0.279 e. The first-order valence-corrected chi connectivity index (χ1v) is 7.88. The van der Waals surface area contributed by atoms with Crippen LogP contribution in [0.25, 0.3) is 11.3 Å². The minimum absolute atomic E-state index is 0.0342. The first kappa shape index (κ1) is 17.9. The highest BCUT2D eigenvalue weighted by atomic mass is 16.5. The van der Waals surface area contributed by atoms with Crippen LogP contribution in [0.5, 0.6) is 17.2 Å². The Labute approximate surface area is 154 Å². The van der Waals surface area contributed by atoms with E-state index < -0.39 is 5.56 Å². The van der Waals surface area contributed by atoms with Gasteiger partial charge in [0.05, 0.1) is 20.4 Å². The number of H-pyrrole nitrogens is 1. The summed E-state index contributed by atoms with van der Waals surface area (Å²) in [5.74, 6) is 1.14. The molecule has 3 aromatic rings. The highest BCUT2D eigenvalue weighted by Crippen LogP contribution is 2.25. The van der Waals surface area contributed by atoms with E-state index in [0.29, 0.717) is 22.6 Å². The van der Waals surface area contributed by atoms with E-state index in [9.17, 15) is 9.90 Å². The third kappa shape index (κ3) is 4.21. The maximum atomic E-state index is 12.2. The fourth-order valence-electron chi connectivity index (χ4n) is 2.27. The summed E-state index contributed by atoms with van der Waals surface area (Å²) in [7, 11) is 3.02. The Hall–Kier alpha value is -3.88. The van der Waals surface area contributed by atoms with Crippen LogP contribution in [0.15, 0.2) is 52.4 Å². The Morgan fingerprint density at radius 3 is 2.56 bits per heavy atom. The first-order chi connectivity index (χ1) is 13.1. The highest BCUT2D eigenvalue weighted by Gasteiger charge is 2.07. The van der Waals surface area contributed by atoms with Gasteiger partial charge < -0.3 is 14.6 Å². The Balaban J connectivity index is 1.73. The lowest BCUT2D eigenvalue weighted by Gasteiger charge is -2.04. The van der Waals surface area contributed by atoms with Crippen molar-refractivity contribution < 1.29 is 14.6 Å². The van der Waals surface area contributed by atoms with E-state index in [0.717, 1.165) is 0 Å². The number of nitrogens with one attached hydrogen (secondary N) is 2. The minimum atomic E-state index is -0.404. The van der Waals surface area contributed by atoms with Crippen LogP contribution in [0.3, 0.4) is 0 Å². The molecule has 0 aliphatic carbocycles. The number of ether oxygens (including phenoxy) is 2. The van der Waals surface area contributed by atoms with Crippen LogP contribution in [0, 0.1) is 0 Å². The van der Waals surface area contributed by atoms with E-state index in [1.54, 1.807) is 43.5 Å². The number of benzene rings is 2. The van der Waals surface area contributed by atoms with Crippen molar-refractivity contribution in [2.45, 2.75) is 0 Å². The summed E-state index contributed by atoms with van der Waals surface area (Å²) in [6.45, 7) is 0. The standard InChI is InChI=1S/C18H17N5O4/c1-26-13-6-4-12(5-7-13)16-17(25)20-18(23-21-16)22-19-10-11-3-8-14(24)15(9-11)27-2/h3-10,24H,1-2H3,(H2,20,22,23,25)/b19-10+. The van der Waals surface area contributed by atoms with E-state index in [2.05, 4.69) is 25.7 Å². The fraction of sp³-hybridized carbons (Fsp3) is 0.111. The predicted molar refractivity (Wildman–Crippen MR) is 101 cm³/mol. The number of hydrazone groups is 1. The van der Waals surface area contributed by atoms with Crippen molar-refractivity contribution in [1.29, 1.82) is 0 Å². The van der Waals surface area contributed by atoms with Crippen LogP contribution in [-0.2, 0) is 0 Å². The van der Waals surface area contributed by atoms with Gasteiger partial charge in [-0.1, -0.05) is 0 Å². The first-order valence-electron chi connectivity index (χ1n) is 7.88. The molecule has 9 nitrogen and oxygen atoms in total. The van der Waals surface area contributed by atoms with Gasteiger partial charge in [-0.3, -0.25) is 9.78 Å². The molecule has 27 heavy (non-hydrogen) atoms. The molecule has 0 saturated carbocycles. The lowest BCUT2D eigenvalue weighted by atomic mass is 10.1. The zero-order chi connectivity index (χ0) is 19.2. The van der Waals surface area contributed by atoms with Gasteiger partial charge >= 0.3 is 0 Å². The molecule has 0 unspecified atom stereocenters. The molecule has 0 fully saturated rings. The molecule has 3 rings (SSSR count). The summed E-state index contributed by atoms with van der Waals surface area (Å²) in [6, 6.07) is 11.7. The van der Waals surface area contributed by atoms with E-state index in [4.69, 9.17) is 9.47 Å². The number of rotatable bonds is 6. The number of hydrogen-bond donors (Lipinski definition) is 3. The van der Waals surface area contributed by atoms with E-state index in [-0.39, 0.29) is 17.4 Å². The lowest BCUT2D eigenvalue weighted by Crippen LogP contribution is -2.15. The van der Waals surface area contributed by atoms with Crippen molar-refractivity contribution in [1.82, 2.24) is 15.2 Å². The topological polar surface area (TPSA) is 122 Å². The molecule has 0 radical (unpaired) electrons. The van der Waals surface area contributed by atoms with E-state index in [1.165, 1.54) is 19.4 Å². The molecule has 9 heteroatoms. The van der Waals surface area contributed by atoms with Crippen molar-refractivity contribution in [3.8, 4) is 28.5 Å². The third-order valence-corrected chi connectivity index (χ3v) is 3.65. The molecule has 0 saturated heterocycles. The second kappa shape index (κ2) is 8.00. The summed E-state index contributed by atoms with van der Waals surface area (Å²) in [5.41, 5.74) is 3.69. The summed E-state index contributed by atoms with van der Waals surface area (Å²) in [6.07, 6.45) is 1.49. The summed E-state index contributed by atoms with van der Waals surface area (Å²) in [4.78, 5) is 14.8. The molecular formula is C18H17N5O4. The van der Waals surface area contributed by atoms with Crippen LogP contribution >= 0.6 is 0 Å². The van der Waals surface area contributed by atoms with Crippen LogP contribution in [0.2, 0.25) is 0 Å². The summed E-state index contributed by atoms with van der Waals surface area (Å²) < 4.78 is 10.1. The molecule has 0 spiro atoms. The number of nitrogens with zero attached hydrogens (tertiary/aromatic N) is 3. The summed E-state index contributed by atoms with van der Waals surface area (Å²) >= 11 is 0. The number of phenolic OH excluding ortho intramolecular Hbond substituents is 1. The van der Waals surface area contributed by atoms with Gasteiger partial charge in [-0.05, 0) is 48.0 Å². The van der Waals surface area contributed by atoms with E-state index in [1.807, 2.05) is 0 Å². The number of aromatic hydroxyl groups is 1. The van der Waals surface area contributed by atoms with Crippen molar-refractivity contribution in [2.75, 3.05) is 19.6 Å². The van der Waals surface area contributed by atoms with Crippen molar-refractivity contribution in [2.24, 2.45) is 5.10 Å². The zero-order valence-electron chi connectivity index (χ0n) is 14.6. The maximum absolute atomic E-state index is 12.2. The van der Waals surface area contributed by atoms with Gasteiger partial charge in [-0.2, -0.15) is 5.10 Å². The SMILES string of the molecule is COc1ccc(-c2nnc(N/N=C/c3ccc(O)c(OC)c3)[nH]c2=O)cc1. The molecule has 0 aliphatic heterocycles. The number of anilines is 1. The van der Waals surface area contributed by atoms with Crippen LogP contribution in [-0.4, -0.2) is 40.7 Å².